The van der Waals surface area contributed by atoms with Gasteiger partial charge in [-0.25, -0.2) is 9.97 Å². The maximum absolute atomic E-state index is 12.4. The number of piperidine rings is 1. The summed E-state index contributed by atoms with van der Waals surface area (Å²) in [6, 6.07) is 0. The Labute approximate surface area is 131 Å². The summed E-state index contributed by atoms with van der Waals surface area (Å²) >= 11 is 0. The molecule has 6 heteroatoms. The zero-order valence-corrected chi connectivity index (χ0v) is 13.0. The lowest BCUT2D eigenvalue weighted by Crippen LogP contribution is -2.46. The van der Waals surface area contributed by atoms with Crippen molar-refractivity contribution in [3.63, 3.8) is 0 Å². The van der Waals surface area contributed by atoms with Crippen molar-refractivity contribution in [2.45, 2.75) is 19.3 Å². The second-order valence-corrected chi connectivity index (χ2v) is 6.56. The van der Waals surface area contributed by atoms with Crippen molar-refractivity contribution in [2.24, 2.45) is 5.41 Å². The van der Waals surface area contributed by atoms with Crippen molar-refractivity contribution in [2.75, 3.05) is 39.0 Å². The first-order chi connectivity index (χ1) is 10.6. The zero-order chi connectivity index (χ0) is 15.6. The maximum atomic E-state index is 12.4. The van der Waals surface area contributed by atoms with E-state index < -0.39 is 0 Å². The lowest BCUT2D eigenvalue weighted by molar-refractivity contribution is -0.129. The van der Waals surface area contributed by atoms with Gasteiger partial charge in [-0.1, -0.05) is 0 Å². The number of rotatable bonds is 2. The van der Waals surface area contributed by atoms with E-state index >= 15 is 0 Å². The summed E-state index contributed by atoms with van der Waals surface area (Å²) in [6.45, 7) is 3.97. The lowest BCUT2D eigenvalue weighted by Gasteiger charge is -2.40. The molecule has 2 aliphatic rings. The van der Waals surface area contributed by atoms with Crippen molar-refractivity contribution < 1.29 is 4.79 Å². The number of hydrogen-bond donors (Lipinski definition) is 1. The van der Waals surface area contributed by atoms with Crippen molar-refractivity contribution in [1.29, 1.82) is 0 Å². The smallest absolute Gasteiger partial charge is 0.246 e. The average molecular weight is 301 g/mol. The molecule has 1 aromatic heterocycles. The predicted molar refractivity (Wildman–Crippen MR) is 85.8 cm³/mol. The topological polar surface area (TPSA) is 75.3 Å². The first-order valence-electron chi connectivity index (χ1n) is 7.79. The number of hydrogen-bond acceptors (Lipinski definition) is 5. The molecule has 2 aliphatic heterocycles. The van der Waals surface area contributed by atoms with E-state index in [1.807, 2.05) is 4.90 Å². The number of anilines is 1. The van der Waals surface area contributed by atoms with Gasteiger partial charge in [-0.05, 0) is 38.9 Å². The number of likely N-dealkylation sites (tertiary alicyclic amines) is 2. The summed E-state index contributed by atoms with van der Waals surface area (Å²) in [6.07, 6.45) is 10.1. The summed E-state index contributed by atoms with van der Waals surface area (Å²) < 4.78 is 0. The number of aromatic nitrogens is 2. The van der Waals surface area contributed by atoms with E-state index in [2.05, 4.69) is 21.9 Å². The van der Waals surface area contributed by atoms with Gasteiger partial charge in [0.25, 0.3) is 0 Å². The molecule has 0 saturated carbocycles. The van der Waals surface area contributed by atoms with Gasteiger partial charge in [0, 0.05) is 49.1 Å². The SMILES string of the molecule is CN1CCC2(CCCN(C(=O)C=Cc3cnc(N)nc3)C2)C1. The monoisotopic (exact) mass is 301 g/mol. The van der Waals surface area contributed by atoms with Gasteiger partial charge in [-0.3, -0.25) is 4.79 Å². The molecule has 118 valence electrons. The summed E-state index contributed by atoms with van der Waals surface area (Å²) in [5.41, 5.74) is 6.54. The Bertz CT molecular complexity index is 566. The van der Waals surface area contributed by atoms with E-state index in [4.69, 9.17) is 5.73 Å². The van der Waals surface area contributed by atoms with E-state index in [-0.39, 0.29) is 11.9 Å². The van der Waals surface area contributed by atoms with E-state index in [0.717, 1.165) is 38.2 Å². The third-order valence-electron chi connectivity index (χ3n) is 4.71. The third-order valence-corrected chi connectivity index (χ3v) is 4.71. The number of nitrogen functional groups attached to an aromatic ring is 1. The molecule has 2 N–H and O–H groups in total. The van der Waals surface area contributed by atoms with Crippen LogP contribution in [0.5, 0.6) is 0 Å². The highest BCUT2D eigenvalue weighted by Crippen LogP contribution is 2.38. The van der Waals surface area contributed by atoms with Gasteiger partial charge in [0.2, 0.25) is 11.9 Å². The van der Waals surface area contributed by atoms with Gasteiger partial charge < -0.3 is 15.5 Å². The van der Waals surface area contributed by atoms with Gasteiger partial charge >= 0.3 is 0 Å². The van der Waals surface area contributed by atoms with Crippen LogP contribution in [0.1, 0.15) is 24.8 Å². The standard InChI is InChI=1S/C16H23N5O/c1-20-8-6-16(11-20)5-2-7-21(12-16)14(22)4-3-13-9-18-15(17)19-10-13/h3-4,9-10H,2,5-8,11-12H2,1H3,(H2,17,18,19). The molecule has 6 nitrogen and oxygen atoms in total. The Morgan fingerprint density at radius 1 is 1.27 bits per heavy atom. The van der Waals surface area contributed by atoms with Crippen LogP contribution in [0.3, 0.4) is 0 Å². The molecule has 0 aliphatic carbocycles. The van der Waals surface area contributed by atoms with Crippen LogP contribution in [0.4, 0.5) is 5.95 Å². The minimum Gasteiger partial charge on any atom is -0.368 e. The highest BCUT2D eigenvalue weighted by Gasteiger charge is 2.40. The van der Waals surface area contributed by atoms with Crippen LogP contribution < -0.4 is 5.73 Å². The minimum atomic E-state index is 0.0745. The Morgan fingerprint density at radius 2 is 2.05 bits per heavy atom. The largest absolute Gasteiger partial charge is 0.368 e. The molecule has 22 heavy (non-hydrogen) atoms. The molecule has 1 amide bonds. The van der Waals surface area contributed by atoms with Crippen LogP contribution in [0.2, 0.25) is 0 Å². The molecular formula is C16H23N5O. The summed E-state index contributed by atoms with van der Waals surface area (Å²) in [5.74, 6) is 0.317. The quantitative estimate of drug-likeness (QED) is 0.825. The first kappa shape index (κ1) is 15.0. The van der Waals surface area contributed by atoms with Crippen LogP contribution in [0.15, 0.2) is 18.5 Å². The second kappa shape index (κ2) is 6.04. The minimum absolute atomic E-state index is 0.0745. The highest BCUT2D eigenvalue weighted by atomic mass is 16.2. The van der Waals surface area contributed by atoms with Crippen molar-refractivity contribution in [3.05, 3.63) is 24.0 Å². The number of nitrogens with two attached hydrogens (primary N) is 1. The average Bonchev–Trinajstić information content (AvgIpc) is 2.86. The Balaban J connectivity index is 1.63. The second-order valence-electron chi connectivity index (χ2n) is 6.56. The number of carbonyl (C=O) groups is 1. The summed E-state index contributed by atoms with van der Waals surface area (Å²) in [7, 11) is 2.16. The van der Waals surface area contributed by atoms with Crippen LogP contribution >= 0.6 is 0 Å². The summed E-state index contributed by atoms with van der Waals surface area (Å²) in [5, 5.41) is 0. The Morgan fingerprint density at radius 3 is 2.73 bits per heavy atom. The normalized spacial score (nSPS) is 26.1. The first-order valence-corrected chi connectivity index (χ1v) is 7.79. The van der Waals surface area contributed by atoms with Gasteiger partial charge in [-0.15, -0.1) is 0 Å². The molecule has 2 saturated heterocycles. The van der Waals surface area contributed by atoms with Crippen molar-refractivity contribution in [3.8, 4) is 0 Å². The Hall–Kier alpha value is -1.95. The molecule has 1 unspecified atom stereocenters. The van der Waals surface area contributed by atoms with Crippen molar-refractivity contribution in [1.82, 2.24) is 19.8 Å². The molecule has 0 bridgehead atoms. The molecule has 1 spiro atoms. The van der Waals surface area contributed by atoms with Gasteiger partial charge in [0.1, 0.15) is 0 Å². The van der Waals surface area contributed by atoms with Crippen molar-refractivity contribution >= 4 is 17.9 Å². The third kappa shape index (κ3) is 3.27. The molecule has 3 rings (SSSR count). The van der Waals surface area contributed by atoms with Crippen LogP contribution in [0, 0.1) is 5.41 Å². The highest BCUT2D eigenvalue weighted by molar-refractivity contribution is 5.91. The lowest BCUT2D eigenvalue weighted by atomic mass is 9.79. The predicted octanol–water partition coefficient (Wildman–Crippen LogP) is 1.02. The van der Waals surface area contributed by atoms with E-state index in [9.17, 15) is 4.79 Å². The maximum Gasteiger partial charge on any atom is 0.246 e. The molecule has 3 heterocycles. The summed E-state index contributed by atoms with van der Waals surface area (Å²) in [4.78, 5) is 24.6. The Kier molecular flexibility index (Phi) is 4.11. The molecular weight excluding hydrogens is 278 g/mol. The molecule has 0 aromatic carbocycles. The van der Waals surface area contributed by atoms with Gasteiger partial charge in [0.15, 0.2) is 0 Å². The fourth-order valence-electron chi connectivity index (χ4n) is 3.59. The van der Waals surface area contributed by atoms with Gasteiger partial charge in [0.05, 0.1) is 0 Å². The molecule has 1 aromatic rings. The van der Waals surface area contributed by atoms with E-state index in [0.29, 0.717) is 5.41 Å². The number of carbonyl (C=O) groups excluding carboxylic acids is 1. The van der Waals surface area contributed by atoms with Crippen LogP contribution in [0.25, 0.3) is 6.08 Å². The fraction of sp³-hybridized carbons (Fsp3) is 0.562. The van der Waals surface area contributed by atoms with Crippen LogP contribution in [-0.2, 0) is 4.79 Å². The molecule has 2 fully saturated rings. The number of amides is 1. The zero-order valence-electron chi connectivity index (χ0n) is 13.0. The van der Waals surface area contributed by atoms with E-state index in [1.165, 1.54) is 12.8 Å². The van der Waals surface area contributed by atoms with Gasteiger partial charge in [-0.2, -0.15) is 0 Å². The number of nitrogens with zero attached hydrogens (tertiary/aromatic N) is 4. The van der Waals surface area contributed by atoms with E-state index in [1.54, 1.807) is 24.5 Å². The molecule has 1 atom stereocenters. The fourth-order valence-corrected chi connectivity index (χ4v) is 3.59. The molecule has 0 radical (unpaired) electrons. The van der Waals surface area contributed by atoms with Crippen LogP contribution in [-0.4, -0.2) is 58.9 Å².